The number of pyridine rings is 1. The third kappa shape index (κ3) is 3.13. The van der Waals surface area contributed by atoms with Crippen LogP contribution < -0.4 is 0 Å². The molecule has 0 amide bonds. The van der Waals surface area contributed by atoms with Crippen LogP contribution in [0.3, 0.4) is 0 Å². The molecule has 94 valence electrons. The van der Waals surface area contributed by atoms with Gasteiger partial charge in [-0.1, -0.05) is 12.1 Å². The lowest BCUT2D eigenvalue weighted by atomic mass is 10.0. The van der Waals surface area contributed by atoms with Crippen molar-refractivity contribution in [1.82, 2.24) is 15.1 Å². The molecule has 0 fully saturated rings. The van der Waals surface area contributed by atoms with E-state index in [-0.39, 0.29) is 12.3 Å². The Balaban J connectivity index is 2.05. The van der Waals surface area contributed by atoms with E-state index in [0.29, 0.717) is 18.1 Å². The summed E-state index contributed by atoms with van der Waals surface area (Å²) in [6, 6.07) is 3.57. The first-order valence-corrected chi connectivity index (χ1v) is 5.60. The molecular weight excluding hydrogens is 234 g/mol. The second-order valence-electron chi connectivity index (χ2n) is 4.15. The zero-order valence-electron chi connectivity index (χ0n) is 9.91. The van der Waals surface area contributed by atoms with Gasteiger partial charge in [-0.05, 0) is 18.1 Å². The highest BCUT2D eigenvalue weighted by atomic mass is 16.5. The Kier molecular flexibility index (Phi) is 3.66. The molecule has 6 nitrogen and oxygen atoms in total. The van der Waals surface area contributed by atoms with E-state index in [1.54, 1.807) is 24.5 Å². The summed E-state index contributed by atoms with van der Waals surface area (Å²) in [5.74, 6) is 0.0927. The number of carboxylic acids is 1. The van der Waals surface area contributed by atoms with Gasteiger partial charge in [0.2, 0.25) is 11.7 Å². The number of carboxylic acid groups (broad SMARTS) is 1. The Labute approximate surface area is 104 Å². The molecule has 0 saturated carbocycles. The van der Waals surface area contributed by atoms with E-state index in [1.165, 1.54) is 0 Å². The van der Waals surface area contributed by atoms with Crippen molar-refractivity contribution in [2.75, 3.05) is 0 Å². The van der Waals surface area contributed by atoms with Crippen LogP contribution in [0.4, 0.5) is 0 Å². The number of aliphatic carboxylic acids is 1. The van der Waals surface area contributed by atoms with Gasteiger partial charge in [-0.15, -0.1) is 0 Å². The van der Waals surface area contributed by atoms with Crippen molar-refractivity contribution < 1.29 is 14.4 Å². The van der Waals surface area contributed by atoms with Crippen LogP contribution in [-0.4, -0.2) is 26.2 Å². The van der Waals surface area contributed by atoms with Gasteiger partial charge in [0.1, 0.15) is 0 Å². The Hall–Kier alpha value is -2.24. The number of hydrogen-bond donors (Lipinski definition) is 1. The zero-order chi connectivity index (χ0) is 13.0. The van der Waals surface area contributed by atoms with Gasteiger partial charge in [-0.2, -0.15) is 4.98 Å². The van der Waals surface area contributed by atoms with Crippen molar-refractivity contribution in [2.45, 2.75) is 19.8 Å². The van der Waals surface area contributed by atoms with E-state index in [0.717, 1.165) is 5.56 Å². The lowest BCUT2D eigenvalue weighted by molar-refractivity contribution is -0.137. The fraction of sp³-hybridized carbons (Fsp3) is 0.333. The van der Waals surface area contributed by atoms with Gasteiger partial charge in [-0.3, -0.25) is 9.78 Å². The molecule has 0 aliphatic rings. The van der Waals surface area contributed by atoms with Crippen molar-refractivity contribution >= 4 is 5.97 Å². The second kappa shape index (κ2) is 5.39. The SMILES string of the molecule is CC(CC(=O)O)Cc1nc(-c2ccncc2)no1. The highest BCUT2D eigenvalue weighted by molar-refractivity contribution is 5.66. The van der Waals surface area contributed by atoms with Crippen molar-refractivity contribution in [3.05, 3.63) is 30.4 Å². The number of carbonyl (C=O) groups is 1. The maximum atomic E-state index is 10.6. The van der Waals surface area contributed by atoms with E-state index in [9.17, 15) is 4.79 Å². The van der Waals surface area contributed by atoms with Crippen molar-refractivity contribution in [3.63, 3.8) is 0 Å². The predicted octanol–water partition coefficient (Wildman–Crippen LogP) is 1.78. The molecule has 0 saturated heterocycles. The second-order valence-corrected chi connectivity index (χ2v) is 4.15. The number of rotatable bonds is 5. The average molecular weight is 247 g/mol. The van der Waals surface area contributed by atoms with Crippen LogP contribution in [0, 0.1) is 5.92 Å². The first kappa shape index (κ1) is 12.2. The van der Waals surface area contributed by atoms with Crippen molar-refractivity contribution in [3.8, 4) is 11.4 Å². The molecule has 0 radical (unpaired) electrons. The lowest BCUT2D eigenvalue weighted by Crippen LogP contribution is -2.07. The van der Waals surface area contributed by atoms with E-state index in [2.05, 4.69) is 15.1 Å². The summed E-state index contributed by atoms with van der Waals surface area (Å²) in [6.45, 7) is 1.84. The summed E-state index contributed by atoms with van der Waals surface area (Å²) in [4.78, 5) is 18.7. The Morgan fingerprint density at radius 3 is 2.83 bits per heavy atom. The highest BCUT2D eigenvalue weighted by Gasteiger charge is 2.14. The van der Waals surface area contributed by atoms with E-state index < -0.39 is 5.97 Å². The Bertz CT molecular complexity index is 524. The molecule has 6 heteroatoms. The third-order valence-corrected chi connectivity index (χ3v) is 2.45. The zero-order valence-corrected chi connectivity index (χ0v) is 9.91. The third-order valence-electron chi connectivity index (χ3n) is 2.45. The summed E-state index contributed by atoms with van der Waals surface area (Å²) in [5, 5.41) is 12.5. The largest absolute Gasteiger partial charge is 0.481 e. The minimum atomic E-state index is -0.823. The average Bonchev–Trinajstić information content (AvgIpc) is 2.77. The molecule has 0 bridgehead atoms. The maximum absolute atomic E-state index is 10.6. The number of aromatic nitrogens is 3. The molecule has 1 N–H and O–H groups in total. The topological polar surface area (TPSA) is 89.1 Å². The number of hydrogen-bond acceptors (Lipinski definition) is 5. The first-order chi connectivity index (χ1) is 8.65. The Morgan fingerprint density at radius 2 is 2.17 bits per heavy atom. The normalized spacial score (nSPS) is 12.3. The molecule has 0 spiro atoms. The van der Waals surface area contributed by atoms with Gasteiger partial charge in [0.25, 0.3) is 0 Å². The summed E-state index contributed by atoms with van der Waals surface area (Å²) < 4.78 is 5.10. The minimum absolute atomic E-state index is 0.0340. The number of nitrogens with zero attached hydrogens (tertiary/aromatic N) is 3. The summed E-state index contributed by atoms with van der Waals surface area (Å²) in [5.41, 5.74) is 0.825. The molecule has 0 aliphatic heterocycles. The van der Waals surface area contributed by atoms with Gasteiger partial charge >= 0.3 is 5.97 Å². The molecular formula is C12H13N3O3. The van der Waals surface area contributed by atoms with Crippen LogP contribution in [0.5, 0.6) is 0 Å². The summed E-state index contributed by atoms with van der Waals surface area (Å²) >= 11 is 0. The smallest absolute Gasteiger partial charge is 0.303 e. The quantitative estimate of drug-likeness (QED) is 0.866. The predicted molar refractivity (Wildman–Crippen MR) is 62.6 cm³/mol. The van der Waals surface area contributed by atoms with Crippen LogP contribution in [0.1, 0.15) is 19.2 Å². The van der Waals surface area contributed by atoms with Gasteiger partial charge in [0.05, 0.1) is 0 Å². The molecule has 0 aliphatic carbocycles. The molecule has 0 aromatic carbocycles. The van der Waals surface area contributed by atoms with E-state index in [1.807, 2.05) is 6.92 Å². The molecule has 2 heterocycles. The van der Waals surface area contributed by atoms with Crippen LogP contribution in [0.2, 0.25) is 0 Å². The fourth-order valence-corrected chi connectivity index (χ4v) is 1.62. The first-order valence-electron chi connectivity index (χ1n) is 5.60. The van der Waals surface area contributed by atoms with Gasteiger partial charge < -0.3 is 9.63 Å². The highest BCUT2D eigenvalue weighted by Crippen LogP contribution is 2.16. The summed E-state index contributed by atoms with van der Waals surface area (Å²) in [7, 11) is 0. The summed E-state index contributed by atoms with van der Waals surface area (Å²) in [6.07, 6.45) is 3.86. The lowest BCUT2D eigenvalue weighted by Gasteiger charge is -2.03. The molecule has 2 rings (SSSR count). The molecule has 2 aromatic heterocycles. The van der Waals surface area contributed by atoms with Crippen LogP contribution >= 0.6 is 0 Å². The van der Waals surface area contributed by atoms with Crippen molar-refractivity contribution in [2.24, 2.45) is 5.92 Å². The van der Waals surface area contributed by atoms with E-state index in [4.69, 9.17) is 9.63 Å². The molecule has 1 unspecified atom stereocenters. The monoisotopic (exact) mass is 247 g/mol. The maximum Gasteiger partial charge on any atom is 0.303 e. The van der Waals surface area contributed by atoms with Crippen molar-refractivity contribution in [1.29, 1.82) is 0 Å². The van der Waals surface area contributed by atoms with Gasteiger partial charge in [0.15, 0.2) is 0 Å². The fourth-order valence-electron chi connectivity index (χ4n) is 1.62. The standard InChI is InChI=1S/C12H13N3O3/c1-8(7-11(16)17)6-10-14-12(15-18-10)9-2-4-13-5-3-9/h2-5,8H,6-7H2,1H3,(H,16,17). The molecule has 1 atom stereocenters. The molecule has 2 aromatic rings. The van der Waals surface area contributed by atoms with Crippen LogP contribution in [0.25, 0.3) is 11.4 Å². The van der Waals surface area contributed by atoms with Gasteiger partial charge in [0, 0.05) is 30.8 Å². The van der Waals surface area contributed by atoms with Crippen LogP contribution in [-0.2, 0) is 11.2 Å². The van der Waals surface area contributed by atoms with Crippen LogP contribution in [0.15, 0.2) is 29.0 Å². The molecule has 18 heavy (non-hydrogen) atoms. The van der Waals surface area contributed by atoms with E-state index >= 15 is 0 Å². The minimum Gasteiger partial charge on any atom is -0.481 e. The van der Waals surface area contributed by atoms with Gasteiger partial charge in [-0.25, -0.2) is 0 Å². The Morgan fingerprint density at radius 1 is 1.44 bits per heavy atom.